The van der Waals surface area contributed by atoms with Gasteiger partial charge in [-0.05, 0) is 60.8 Å². The molecule has 1 saturated heterocycles. The summed E-state index contributed by atoms with van der Waals surface area (Å²) in [6.45, 7) is 6.47. The molecule has 2 atom stereocenters. The van der Waals surface area contributed by atoms with Crippen molar-refractivity contribution in [1.29, 1.82) is 0 Å². The molecule has 1 aliphatic heterocycles. The van der Waals surface area contributed by atoms with Gasteiger partial charge in [0.25, 0.3) is 5.95 Å². The van der Waals surface area contributed by atoms with Crippen molar-refractivity contribution < 1.29 is 23.6 Å². The van der Waals surface area contributed by atoms with E-state index < -0.39 is 6.09 Å². The average Bonchev–Trinajstić information content (AvgIpc) is 3.62. The Morgan fingerprint density at radius 3 is 2.60 bits per heavy atom. The first-order valence-electron chi connectivity index (χ1n) is 13.6. The van der Waals surface area contributed by atoms with Gasteiger partial charge >= 0.3 is 12.1 Å². The Bertz CT molecular complexity index is 1290. The number of methoxy groups -OCH3 is 1. The maximum absolute atomic E-state index is 12.8. The summed E-state index contributed by atoms with van der Waals surface area (Å²) in [5.41, 5.74) is 2.97. The Hall–Kier alpha value is -4.02. The fourth-order valence-corrected chi connectivity index (χ4v) is 5.09. The number of carbonyl (C=O) groups is 2. The molecule has 10 heteroatoms. The van der Waals surface area contributed by atoms with Crippen LogP contribution in [0.3, 0.4) is 0 Å². The first-order chi connectivity index (χ1) is 19.6. The number of amides is 1. The zero-order chi connectivity index (χ0) is 27.9. The van der Waals surface area contributed by atoms with Crippen LogP contribution in [0.5, 0.6) is 0 Å². The summed E-state index contributed by atoms with van der Waals surface area (Å²) in [6.07, 6.45) is 3.71. The Morgan fingerprint density at radius 1 is 1.15 bits per heavy atom. The lowest BCUT2D eigenvalue weighted by molar-refractivity contribution is 0.0600. The third-order valence-electron chi connectivity index (χ3n) is 7.47. The van der Waals surface area contributed by atoms with Crippen molar-refractivity contribution in [1.82, 2.24) is 20.4 Å². The van der Waals surface area contributed by atoms with Crippen molar-refractivity contribution in [3.05, 3.63) is 89.8 Å². The van der Waals surface area contributed by atoms with E-state index in [1.165, 1.54) is 23.6 Å². The molecule has 210 valence electrons. The quantitative estimate of drug-likeness (QED) is 0.212. The maximum atomic E-state index is 12.8. The Morgan fingerprint density at radius 2 is 1.90 bits per heavy atom. The van der Waals surface area contributed by atoms with Crippen molar-refractivity contribution in [3.8, 4) is 0 Å². The second-order valence-electron chi connectivity index (χ2n) is 10.2. The van der Waals surface area contributed by atoms with E-state index in [4.69, 9.17) is 14.0 Å². The first-order valence-corrected chi connectivity index (χ1v) is 13.6. The molecule has 1 aromatic heterocycles. The number of aromatic nitrogens is 2. The molecule has 0 spiro atoms. The second kappa shape index (κ2) is 12.9. The molecule has 2 aromatic carbocycles. The number of benzene rings is 2. The predicted molar refractivity (Wildman–Crippen MR) is 149 cm³/mol. The van der Waals surface area contributed by atoms with Crippen LogP contribution in [0, 0.1) is 0 Å². The van der Waals surface area contributed by atoms with Crippen molar-refractivity contribution in [2.24, 2.45) is 0 Å². The van der Waals surface area contributed by atoms with E-state index in [0.717, 1.165) is 44.5 Å². The predicted octanol–water partition coefficient (Wildman–Crippen LogP) is 4.47. The molecule has 2 heterocycles. The van der Waals surface area contributed by atoms with E-state index in [1.807, 2.05) is 30.3 Å². The lowest BCUT2D eigenvalue weighted by Crippen LogP contribution is -2.41. The van der Waals surface area contributed by atoms with Crippen molar-refractivity contribution in [3.63, 3.8) is 0 Å². The first kappa shape index (κ1) is 27.5. The molecule has 2 fully saturated rings. The van der Waals surface area contributed by atoms with Crippen LogP contribution in [0.1, 0.15) is 58.5 Å². The van der Waals surface area contributed by atoms with Gasteiger partial charge in [-0.3, -0.25) is 10.2 Å². The van der Waals surface area contributed by atoms with Crippen LogP contribution in [0.15, 0.2) is 71.8 Å². The van der Waals surface area contributed by atoms with E-state index in [2.05, 4.69) is 39.1 Å². The highest BCUT2D eigenvalue weighted by molar-refractivity contribution is 5.89. The van der Waals surface area contributed by atoms with Crippen LogP contribution in [0.25, 0.3) is 0 Å². The zero-order valence-electron chi connectivity index (χ0n) is 22.7. The highest BCUT2D eigenvalue weighted by atomic mass is 16.6. The van der Waals surface area contributed by atoms with Crippen LogP contribution in [-0.2, 0) is 16.0 Å². The van der Waals surface area contributed by atoms with Gasteiger partial charge in [0.15, 0.2) is 0 Å². The van der Waals surface area contributed by atoms with Gasteiger partial charge in [-0.25, -0.2) is 14.5 Å². The minimum absolute atomic E-state index is 0.0972. The van der Waals surface area contributed by atoms with Crippen LogP contribution >= 0.6 is 0 Å². The number of anilines is 1. The average molecular weight is 546 g/mol. The molecule has 40 heavy (non-hydrogen) atoms. The van der Waals surface area contributed by atoms with E-state index in [0.29, 0.717) is 17.4 Å². The maximum Gasteiger partial charge on any atom is 0.418 e. The number of nitrogens with zero attached hydrogens (tertiary/aromatic N) is 4. The number of esters is 1. The van der Waals surface area contributed by atoms with E-state index in [9.17, 15) is 9.59 Å². The Kier molecular flexibility index (Phi) is 8.87. The van der Waals surface area contributed by atoms with Crippen molar-refractivity contribution >= 4 is 18.0 Å². The SMILES string of the molecule is C=CCOC(=O)N(CNC1C[C@@H]1c1ccccc1)c1noc(C2CCN(Cc3ccc(C(=O)OC)cc3)CC2)n1. The summed E-state index contributed by atoms with van der Waals surface area (Å²) in [7, 11) is 1.38. The number of rotatable bonds is 11. The molecule has 1 N–H and O–H groups in total. The fourth-order valence-electron chi connectivity index (χ4n) is 5.09. The highest BCUT2D eigenvalue weighted by Crippen LogP contribution is 2.40. The molecule has 3 aromatic rings. The third kappa shape index (κ3) is 6.75. The molecule has 0 bridgehead atoms. The summed E-state index contributed by atoms with van der Waals surface area (Å²) in [6, 6.07) is 18.1. The van der Waals surface area contributed by atoms with Crippen molar-refractivity contribution in [2.75, 3.05) is 38.4 Å². The van der Waals surface area contributed by atoms with Gasteiger partial charge in [-0.15, -0.1) is 0 Å². The van der Waals surface area contributed by atoms with Crippen molar-refractivity contribution in [2.45, 2.75) is 43.7 Å². The minimum Gasteiger partial charge on any atom is -0.465 e. The normalized spacial score (nSPS) is 19.1. The lowest BCUT2D eigenvalue weighted by atomic mass is 9.96. The number of carbonyl (C=O) groups excluding carboxylic acids is 2. The molecule has 1 amide bonds. The summed E-state index contributed by atoms with van der Waals surface area (Å²) >= 11 is 0. The second-order valence-corrected chi connectivity index (χ2v) is 10.2. The number of likely N-dealkylation sites (tertiary alicyclic amines) is 1. The number of ether oxygens (including phenoxy) is 2. The van der Waals surface area contributed by atoms with Gasteiger partial charge in [0.2, 0.25) is 5.89 Å². The topological polar surface area (TPSA) is 110 Å². The third-order valence-corrected chi connectivity index (χ3v) is 7.47. The van der Waals surface area contributed by atoms with Gasteiger partial charge in [-0.2, -0.15) is 4.98 Å². The summed E-state index contributed by atoms with van der Waals surface area (Å²) in [5.74, 6) is 0.931. The molecule has 1 saturated carbocycles. The smallest absolute Gasteiger partial charge is 0.418 e. The van der Waals surface area contributed by atoms with E-state index in [-0.39, 0.29) is 37.2 Å². The van der Waals surface area contributed by atoms with Crippen LogP contribution in [0.2, 0.25) is 0 Å². The molecule has 0 radical (unpaired) electrons. The largest absolute Gasteiger partial charge is 0.465 e. The van der Waals surface area contributed by atoms with E-state index >= 15 is 0 Å². The summed E-state index contributed by atoms with van der Waals surface area (Å²) < 4.78 is 15.7. The monoisotopic (exact) mass is 545 g/mol. The lowest BCUT2D eigenvalue weighted by Gasteiger charge is -2.30. The summed E-state index contributed by atoms with van der Waals surface area (Å²) in [4.78, 5) is 32.8. The van der Waals surface area contributed by atoms with Gasteiger partial charge in [-0.1, -0.05) is 55.1 Å². The molecule has 10 nitrogen and oxygen atoms in total. The Labute approximate surface area is 233 Å². The molecular weight excluding hydrogens is 510 g/mol. The van der Waals surface area contributed by atoms with Gasteiger partial charge in [0.05, 0.1) is 19.3 Å². The number of piperidine rings is 1. The molecule has 5 rings (SSSR count). The minimum atomic E-state index is -0.551. The van der Waals surface area contributed by atoms with Gasteiger partial charge in [0.1, 0.15) is 6.61 Å². The summed E-state index contributed by atoms with van der Waals surface area (Å²) in [5, 5.41) is 7.57. The zero-order valence-corrected chi connectivity index (χ0v) is 22.7. The highest BCUT2D eigenvalue weighted by Gasteiger charge is 2.39. The Balaban J connectivity index is 1.16. The number of hydrogen-bond donors (Lipinski definition) is 1. The van der Waals surface area contributed by atoms with Crippen LogP contribution < -0.4 is 10.2 Å². The van der Waals surface area contributed by atoms with E-state index in [1.54, 1.807) is 12.1 Å². The van der Waals surface area contributed by atoms with Gasteiger partial charge < -0.3 is 14.0 Å². The van der Waals surface area contributed by atoms with Gasteiger partial charge in [0, 0.05) is 24.4 Å². The fraction of sp³-hybridized carbons (Fsp3) is 0.400. The van der Waals surface area contributed by atoms with Crippen LogP contribution in [0.4, 0.5) is 10.7 Å². The number of hydrogen-bond acceptors (Lipinski definition) is 9. The molecule has 1 aliphatic carbocycles. The molecular formula is C30H35N5O5. The standard InChI is InChI=1S/C30H35N5O5/c1-3-17-39-30(37)35(20-31-26-18-25(26)22-7-5-4-6-8-22)29-32-27(40-33-29)23-13-15-34(16-14-23)19-21-9-11-24(12-10-21)28(36)38-2/h3-12,23,25-26,31H,1,13-20H2,2H3/t25-,26?/m1/s1. The van der Waals surface area contributed by atoms with Crippen LogP contribution in [-0.4, -0.2) is 66.6 Å². The molecule has 1 unspecified atom stereocenters. The molecule has 2 aliphatic rings. The number of nitrogens with one attached hydrogen (secondary N) is 1.